The Balaban J connectivity index is 1.83. The molecule has 1 fully saturated rings. The number of hydrogen-bond acceptors (Lipinski definition) is 3. The third kappa shape index (κ3) is 3.25. The second kappa shape index (κ2) is 6.22. The molecular weight excluding hydrogens is 242 g/mol. The molecule has 2 unspecified atom stereocenters. The maximum absolute atomic E-state index is 13.4. The van der Waals surface area contributed by atoms with Crippen LogP contribution in [0.5, 0.6) is 0 Å². The summed E-state index contributed by atoms with van der Waals surface area (Å²) < 4.78 is 36.9. The van der Waals surface area contributed by atoms with Crippen molar-refractivity contribution < 1.29 is 23.4 Å². The van der Waals surface area contributed by atoms with Gasteiger partial charge in [-0.3, -0.25) is 0 Å². The number of aliphatic hydroxyl groups excluding tert-OH is 1. The van der Waals surface area contributed by atoms with Gasteiger partial charge >= 0.3 is 0 Å². The van der Waals surface area contributed by atoms with Gasteiger partial charge in [0.15, 0.2) is 11.6 Å². The summed E-state index contributed by atoms with van der Waals surface area (Å²) in [6.07, 6.45) is 0.830. The summed E-state index contributed by atoms with van der Waals surface area (Å²) >= 11 is 0. The molecule has 1 heterocycles. The van der Waals surface area contributed by atoms with E-state index < -0.39 is 17.7 Å². The lowest BCUT2D eigenvalue weighted by Crippen LogP contribution is -2.18. The fraction of sp³-hybridized carbons (Fsp3) is 0.538. The van der Waals surface area contributed by atoms with E-state index in [1.54, 1.807) is 0 Å². The van der Waals surface area contributed by atoms with E-state index in [1.165, 1.54) is 12.1 Å². The first-order valence-electron chi connectivity index (χ1n) is 6.00. The lowest BCUT2D eigenvalue weighted by Gasteiger charge is -2.15. The summed E-state index contributed by atoms with van der Waals surface area (Å²) in [5, 5.41) is 9.73. The molecule has 100 valence electrons. The van der Waals surface area contributed by atoms with E-state index >= 15 is 0 Å². The van der Waals surface area contributed by atoms with Gasteiger partial charge in [0.25, 0.3) is 0 Å². The molecule has 1 N–H and O–H groups in total. The molecule has 0 spiro atoms. The van der Waals surface area contributed by atoms with E-state index in [4.69, 9.17) is 9.47 Å². The fourth-order valence-electron chi connectivity index (χ4n) is 1.95. The van der Waals surface area contributed by atoms with Crippen LogP contribution in [0.25, 0.3) is 0 Å². The predicted molar refractivity (Wildman–Crippen MR) is 61.1 cm³/mol. The van der Waals surface area contributed by atoms with Crippen molar-refractivity contribution in [1.82, 2.24) is 0 Å². The van der Waals surface area contributed by atoms with Crippen molar-refractivity contribution in [1.29, 1.82) is 0 Å². The Morgan fingerprint density at radius 3 is 3.00 bits per heavy atom. The predicted octanol–water partition coefficient (Wildman–Crippen LogP) is 2.19. The van der Waals surface area contributed by atoms with Crippen LogP contribution in [0.3, 0.4) is 0 Å². The Bertz CT molecular complexity index is 392. The zero-order chi connectivity index (χ0) is 13.0. The quantitative estimate of drug-likeness (QED) is 0.880. The molecule has 0 radical (unpaired) electrons. The Labute approximate surface area is 104 Å². The van der Waals surface area contributed by atoms with Crippen LogP contribution >= 0.6 is 0 Å². The second-order valence-corrected chi connectivity index (χ2v) is 4.33. The van der Waals surface area contributed by atoms with E-state index in [0.29, 0.717) is 6.61 Å². The summed E-state index contributed by atoms with van der Waals surface area (Å²) in [5.74, 6) is -1.99. The van der Waals surface area contributed by atoms with Crippen molar-refractivity contribution in [2.45, 2.75) is 25.0 Å². The highest BCUT2D eigenvalue weighted by molar-refractivity contribution is 5.21. The molecule has 2 rings (SSSR count). The maximum Gasteiger partial charge on any atom is 0.164 e. The lowest BCUT2D eigenvalue weighted by atomic mass is 10.1. The Hall–Kier alpha value is -1.04. The first-order chi connectivity index (χ1) is 8.68. The van der Waals surface area contributed by atoms with Crippen LogP contribution in [-0.4, -0.2) is 31.0 Å². The van der Waals surface area contributed by atoms with Crippen molar-refractivity contribution in [3.8, 4) is 0 Å². The molecule has 1 aliphatic heterocycles. The molecule has 0 bridgehead atoms. The number of benzene rings is 1. The molecule has 18 heavy (non-hydrogen) atoms. The smallest absolute Gasteiger partial charge is 0.164 e. The van der Waals surface area contributed by atoms with E-state index in [1.807, 2.05) is 0 Å². The largest absolute Gasteiger partial charge is 0.386 e. The lowest BCUT2D eigenvalue weighted by molar-refractivity contribution is -0.0185. The summed E-state index contributed by atoms with van der Waals surface area (Å²) in [5.41, 5.74) is -0.0812. The van der Waals surface area contributed by atoms with Gasteiger partial charge in [0.1, 0.15) is 6.10 Å². The number of ether oxygens (including phenoxy) is 2. The highest BCUT2D eigenvalue weighted by Gasteiger charge is 2.19. The van der Waals surface area contributed by atoms with Gasteiger partial charge in [0.2, 0.25) is 0 Å². The summed E-state index contributed by atoms with van der Waals surface area (Å²) in [6.45, 7) is 1.03. The molecule has 0 saturated carbocycles. The van der Waals surface area contributed by atoms with Crippen LogP contribution in [0.15, 0.2) is 18.2 Å². The number of hydrogen-bond donors (Lipinski definition) is 1. The van der Waals surface area contributed by atoms with Crippen LogP contribution in [0.2, 0.25) is 0 Å². The normalized spacial score (nSPS) is 21.2. The van der Waals surface area contributed by atoms with Gasteiger partial charge in [-0.2, -0.15) is 0 Å². The van der Waals surface area contributed by atoms with Gasteiger partial charge in [0, 0.05) is 12.2 Å². The molecule has 1 aromatic carbocycles. The molecule has 1 aliphatic rings. The molecule has 3 nitrogen and oxygen atoms in total. The minimum atomic E-state index is -1.16. The number of rotatable bonds is 5. The Morgan fingerprint density at radius 2 is 2.28 bits per heavy atom. The van der Waals surface area contributed by atoms with E-state index in [9.17, 15) is 13.9 Å². The third-order valence-electron chi connectivity index (χ3n) is 2.94. The third-order valence-corrected chi connectivity index (χ3v) is 2.94. The van der Waals surface area contributed by atoms with E-state index in [2.05, 4.69) is 0 Å². The number of halogens is 2. The molecule has 1 aromatic rings. The summed E-state index contributed by atoms with van der Waals surface area (Å²) in [7, 11) is 0. The van der Waals surface area contributed by atoms with Gasteiger partial charge in [0.05, 0.1) is 19.3 Å². The summed E-state index contributed by atoms with van der Waals surface area (Å²) in [6, 6.07) is 3.72. The topological polar surface area (TPSA) is 38.7 Å². The van der Waals surface area contributed by atoms with Crippen LogP contribution in [-0.2, 0) is 9.47 Å². The van der Waals surface area contributed by atoms with Crippen molar-refractivity contribution in [2.24, 2.45) is 0 Å². The fourth-order valence-corrected chi connectivity index (χ4v) is 1.95. The molecular formula is C13H16F2O3. The first-order valence-corrected chi connectivity index (χ1v) is 6.00. The van der Waals surface area contributed by atoms with Gasteiger partial charge in [-0.25, -0.2) is 8.78 Å². The maximum atomic E-state index is 13.4. The van der Waals surface area contributed by atoms with Crippen molar-refractivity contribution >= 4 is 0 Å². The van der Waals surface area contributed by atoms with Gasteiger partial charge in [-0.05, 0) is 18.9 Å². The van der Waals surface area contributed by atoms with Gasteiger partial charge in [-0.15, -0.1) is 0 Å². The van der Waals surface area contributed by atoms with Crippen molar-refractivity contribution in [3.63, 3.8) is 0 Å². The second-order valence-electron chi connectivity index (χ2n) is 4.33. The standard InChI is InChI=1S/C13H16F2O3/c14-11-5-1-4-10(13(11)15)12(16)8-17-7-9-3-2-6-18-9/h1,4-5,9,12,16H,2-3,6-8H2. The minimum Gasteiger partial charge on any atom is -0.386 e. The van der Waals surface area contributed by atoms with E-state index in [-0.39, 0.29) is 18.3 Å². The van der Waals surface area contributed by atoms with Crippen molar-refractivity contribution in [2.75, 3.05) is 19.8 Å². The number of aliphatic hydroxyl groups is 1. The average Bonchev–Trinajstić information content (AvgIpc) is 2.85. The SMILES string of the molecule is OC(COCC1CCCO1)c1cccc(F)c1F. The monoisotopic (exact) mass is 258 g/mol. The van der Waals surface area contributed by atoms with Crippen LogP contribution in [0.1, 0.15) is 24.5 Å². The molecule has 0 amide bonds. The molecule has 5 heteroatoms. The zero-order valence-corrected chi connectivity index (χ0v) is 9.94. The van der Waals surface area contributed by atoms with Crippen molar-refractivity contribution in [3.05, 3.63) is 35.4 Å². The molecule has 0 aliphatic carbocycles. The molecule has 2 atom stereocenters. The highest BCUT2D eigenvalue weighted by atomic mass is 19.2. The Morgan fingerprint density at radius 1 is 1.44 bits per heavy atom. The molecule has 0 aromatic heterocycles. The van der Waals surface area contributed by atoms with Gasteiger partial charge in [-0.1, -0.05) is 12.1 Å². The van der Waals surface area contributed by atoms with Gasteiger partial charge < -0.3 is 14.6 Å². The van der Waals surface area contributed by atoms with Crippen LogP contribution in [0, 0.1) is 11.6 Å². The van der Waals surface area contributed by atoms with E-state index in [0.717, 1.165) is 25.5 Å². The first kappa shape index (κ1) is 13.4. The Kier molecular flexibility index (Phi) is 4.63. The van der Waals surface area contributed by atoms with Crippen LogP contribution < -0.4 is 0 Å². The molecule has 1 saturated heterocycles. The highest BCUT2D eigenvalue weighted by Crippen LogP contribution is 2.20. The zero-order valence-electron chi connectivity index (χ0n) is 9.94. The summed E-state index contributed by atoms with van der Waals surface area (Å²) in [4.78, 5) is 0. The average molecular weight is 258 g/mol. The minimum absolute atomic E-state index is 0.0505. The van der Waals surface area contributed by atoms with Crippen LogP contribution in [0.4, 0.5) is 8.78 Å².